The second-order valence-corrected chi connectivity index (χ2v) is 13.5. The highest BCUT2D eigenvalue weighted by molar-refractivity contribution is 7.89. The number of likely N-dealkylation sites (N-methyl/N-ethyl adjacent to an activating group) is 1. The number of nitrogens with one attached hydrogen (secondary N) is 1. The molecule has 2 saturated heterocycles. The van der Waals surface area contributed by atoms with E-state index in [0.29, 0.717) is 37.2 Å². The van der Waals surface area contributed by atoms with Crippen LogP contribution in [0.5, 0.6) is 0 Å². The van der Waals surface area contributed by atoms with E-state index in [1.807, 2.05) is 40.8 Å². The van der Waals surface area contributed by atoms with Gasteiger partial charge < -0.3 is 5.32 Å². The first-order valence-electron chi connectivity index (χ1n) is 12.0. The molecule has 2 heterocycles. The number of hydrogen-bond acceptors (Lipinski definition) is 3. The predicted octanol–water partition coefficient (Wildman–Crippen LogP) is 4.48. The van der Waals surface area contributed by atoms with Crippen molar-refractivity contribution in [1.82, 2.24) is 9.62 Å². The molecule has 0 radical (unpaired) electrons. The Hall–Kier alpha value is -1.66. The van der Waals surface area contributed by atoms with Gasteiger partial charge in [0, 0.05) is 30.8 Å². The smallest absolute Gasteiger partial charge is 0.305 e. The second-order valence-electron chi connectivity index (χ2n) is 11.5. The number of rotatable bonds is 6. The minimum Gasteiger partial charge on any atom is -0.305 e. The average molecular weight is 479 g/mol. The third-order valence-electron chi connectivity index (χ3n) is 7.31. The summed E-state index contributed by atoms with van der Waals surface area (Å²) < 4.78 is 27.5. The molecule has 6 nitrogen and oxygen atoms in total. The van der Waals surface area contributed by atoms with E-state index in [-0.39, 0.29) is 28.5 Å². The Kier molecular flexibility index (Phi) is 8.61. The monoisotopic (exact) mass is 478 g/mol. The lowest BCUT2D eigenvalue weighted by Gasteiger charge is -2.43. The number of piperidine rings is 1. The number of allylic oxidation sites excluding steroid dienone is 3. The molecule has 0 aromatic heterocycles. The first-order chi connectivity index (χ1) is 15.2. The van der Waals surface area contributed by atoms with Gasteiger partial charge >= 0.3 is 6.03 Å². The van der Waals surface area contributed by atoms with E-state index in [2.05, 4.69) is 37.6 Å². The molecule has 2 atom stereocenters. The van der Waals surface area contributed by atoms with Crippen LogP contribution in [0, 0.1) is 16.7 Å². The van der Waals surface area contributed by atoms with Crippen LogP contribution in [0.2, 0.25) is 0 Å². The van der Waals surface area contributed by atoms with Crippen LogP contribution in [0.15, 0.2) is 41.7 Å². The minimum atomic E-state index is -3.24. The fraction of sp³-hybridized carbons (Fsp3) is 0.692. The van der Waals surface area contributed by atoms with Gasteiger partial charge in [-0.25, -0.2) is 22.0 Å². The molecule has 2 aliphatic rings. The fourth-order valence-electron chi connectivity index (χ4n) is 4.83. The molecule has 7 heteroatoms. The molecule has 2 rings (SSSR count). The zero-order chi connectivity index (χ0) is 25.1. The van der Waals surface area contributed by atoms with Gasteiger partial charge in [-0.05, 0) is 48.7 Å². The number of sulfonamides is 1. The van der Waals surface area contributed by atoms with Crippen molar-refractivity contribution in [3.8, 4) is 0 Å². The minimum absolute atomic E-state index is 0.00108. The van der Waals surface area contributed by atoms with Crippen LogP contribution >= 0.6 is 0 Å². The summed E-state index contributed by atoms with van der Waals surface area (Å²) in [4.78, 5) is 13.1. The van der Waals surface area contributed by atoms with E-state index in [0.717, 1.165) is 18.4 Å². The number of hydrogen-bond donors (Lipinski definition) is 1. The summed E-state index contributed by atoms with van der Waals surface area (Å²) in [7, 11) is -1.27. The van der Waals surface area contributed by atoms with Crippen LogP contribution in [0.4, 0.5) is 4.79 Å². The van der Waals surface area contributed by atoms with Crippen molar-refractivity contribution in [2.75, 3.05) is 45.5 Å². The summed E-state index contributed by atoms with van der Waals surface area (Å²) in [6.07, 6.45) is 7.48. The Morgan fingerprint density at radius 1 is 1.27 bits per heavy atom. The van der Waals surface area contributed by atoms with Crippen molar-refractivity contribution in [1.29, 1.82) is 0 Å². The van der Waals surface area contributed by atoms with E-state index in [1.165, 1.54) is 5.57 Å². The molecule has 0 bridgehead atoms. The van der Waals surface area contributed by atoms with Crippen molar-refractivity contribution in [2.45, 2.75) is 54.4 Å². The van der Waals surface area contributed by atoms with Gasteiger partial charge in [0.1, 0.15) is 13.1 Å². The molecule has 33 heavy (non-hydrogen) atoms. The Bertz CT molecular complexity index is 944. The molecule has 0 aliphatic carbocycles. The molecule has 1 N–H and O–H groups in total. The largest absolute Gasteiger partial charge is 0.416 e. The molecule has 0 spiro atoms. The Morgan fingerprint density at radius 2 is 1.85 bits per heavy atom. The molecule has 2 aliphatic heterocycles. The van der Waals surface area contributed by atoms with Crippen molar-refractivity contribution < 1.29 is 17.7 Å². The molecule has 2 unspecified atom stereocenters. The molecular formula is C26H44N3O3S+. The predicted molar refractivity (Wildman–Crippen MR) is 136 cm³/mol. The lowest BCUT2D eigenvalue weighted by atomic mass is 9.71. The van der Waals surface area contributed by atoms with Crippen molar-refractivity contribution >= 4 is 16.1 Å². The molecule has 2 fully saturated rings. The highest BCUT2D eigenvalue weighted by Gasteiger charge is 2.43. The highest BCUT2D eigenvalue weighted by atomic mass is 32.2. The first-order valence-corrected chi connectivity index (χ1v) is 13.6. The van der Waals surface area contributed by atoms with Gasteiger partial charge in [0.05, 0.1) is 12.8 Å². The first kappa shape index (κ1) is 27.6. The Morgan fingerprint density at radius 3 is 2.36 bits per heavy atom. The van der Waals surface area contributed by atoms with Gasteiger partial charge in [0.2, 0.25) is 10.0 Å². The van der Waals surface area contributed by atoms with Gasteiger partial charge in [0.25, 0.3) is 0 Å². The van der Waals surface area contributed by atoms with E-state index < -0.39 is 10.0 Å². The summed E-state index contributed by atoms with van der Waals surface area (Å²) in [5.41, 5.74) is 4.85. The zero-order valence-electron chi connectivity index (χ0n) is 21.7. The number of urea groups is 1. The van der Waals surface area contributed by atoms with E-state index in [4.69, 9.17) is 0 Å². The number of nitrogens with zero attached hydrogens (tertiary/aromatic N) is 2. The van der Waals surface area contributed by atoms with E-state index in [1.54, 1.807) is 10.4 Å². The van der Waals surface area contributed by atoms with Crippen molar-refractivity contribution in [2.24, 2.45) is 16.7 Å². The number of amides is 2. The quantitative estimate of drug-likeness (QED) is 0.452. The van der Waals surface area contributed by atoms with E-state index >= 15 is 0 Å². The van der Waals surface area contributed by atoms with Crippen LogP contribution in [0.1, 0.15) is 54.4 Å². The molecular weight excluding hydrogens is 434 g/mol. The summed E-state index contributed by atoms with van der Waals surface area (Å²) in [6, 6.07) is 0.0287. The van der Waals surface area contributed by atoms with Gasteiger partial charge in [-0.3, -0.25) is 0 Å². The normalized spacial score (nSPS) is 27.4. The summed E-state index contributed by atoms with van der Waals surface area (Å²) in [5, 5.41) is 3.19. The Balaban J connectivity index is 1.96. The molecule has 186 valence electrons. The lowest BCUT2D eigenvalue weighted by molar-refractivity contribution is -0.811. The molecule has 0 aromatic carbocycles. The van der Waals surface area contributed by atoms with Crippen LogP contribution in [0.25, 0.3) is 0 Å². The maximum absolute atomic E-state index is 13.1. The number of carbonyl (C=O) groups excluding carboxylic acids is 1. The van der Waals surface area contributed by atoms with Crippen molar-refractivity contribution in [3.63, 3.8) is 0 Å². The maximum Gasteiger partial charge on any atom is 0.416 e. The third-order valence-corrected chi connectivity index (χ3v) is 9.70. The topological polar surface area (TPSA) is 66.5 Å². The van der Waals surface area contributed by atoms with Gasteiger partial charge in [-0.15, -0.1) is 5.73 Å². The van der Waals surface area contributed by atoms with Gasteiger partial charge in [-0.2, -0.15) is 0 Å². The summed E-state index contributed by atoms with van der Waals surface area (Å²) in [5.74, 6) is 0.425. The maximum atomic E-state index is 13.1. The number of quaternary nitrogens is 1. The molecule has 2 amide bonds. The number of likely N-dealkylation sites (tertiary alicyclic amines) is 1. The van der Waals surface area contributed by atoms with Crippen LogP contribution in [-0.4, -0.2) is 68.8 Å². The van der Waals surface area contributed by atoms with Crippen LogP contribution < -0.4 is 5.32 Å². The van der Waals surface area contributed by atoms with Gasteiger partial charge in [0.15, 0.2) is 0 Å². The van der Waals surface area contributed by atoms with Crippen molar-refractivity contribution in [3.05, 3.63) is 41.7 Å². The zero-order valence-corrected chi connectivity index (χ0v) is 22.5. The number of carbonyl (C=O) groups is 1. The highest BCUT2D eigenvalue weighted by Crippen LogP contribution is 2.39. The molecule has 0 saturated carbocycles. The fourth-order valence-corrected chi connectivity index (χ4v) is 6.85. The van der Waals surface area contributed by atoms with Crippen LogP contribution in [0.3, 0.4) is 0 Å². The second kappa shape index (κ2) is 10.3. The summed E-state index contributed by atoms with van der Waals surface area (Å²) >= 11 is 0. The van der Waals surface area contributed by atoms with E-state index in [9.17, 15) is 13.2 Å². The van der Waals surface area contributed by atoms with Gasteiger partial charge in [-0.1, -0.05) is 47.3 Å². The van der Waals surface area contributed by atoms with Crippen LogP contribution in [-0.2, 0) is 10.0 Å². The standard InChI is InChI=1S/C26H43N3O3S/c1-9-11-12-23-19-29(8,18-22(23)10-2)24(30)27-17-21(3)26(7)13-15-28(16-14-26)33(31,32)20-25(4,5)6/h10-12,21H,1,13-20H2,2-8H3/p+1. The lowest BCUT2D eigenvalue weighted by Crippen LogP contribution is -2.54. The molecule has 0 aromatic rings. The SMILES string of the molecule is C=C=CC=C1C[N+](C)(C(=O)NCC(C)C2(C)CCN(S(=O)(=O)CC(C)(C)C)CC2)CC1=CC. The third kappa shape index (κ3) is 6.92. The Labute approximate surface area is 201 Å². The summed E-state index contributed by atoms with van der Waals surface area (Å²) in [6.45, 7) is 18.9. The average Bonchev–Trinajstić information content (AvgIpc) is 3.05.